The first-order valence-corrected chi connectivity index (χ1v) is 5.65. The van der Waals surface area contributed by atoms with Gasteiger partial charge in [0.15, 0.2) is 0 Å². The average molecular weight is 223 g/mol. The number of aliphatic hydroxyl groups is 1. The van der Waals surface area contributed by atoms with E-state index in [0.29, 0.717) is 13.0 Å². The van der Waals surface area contributed by atoms with Crippen LogP contribution in [0.4, 0.5) is 0 Å². The maximum absolute atomic E-state index is 11.7. The number of hydrogen-bond acceptors (Lipinski definition) is 4. The molecule has 5 heteroatoms. The van der Waals surface area contributed by atoms with Crippen LogP contribution in [0.5, 0.6) is 0 Å². The van der Waals surface area contributed by atoms with Crippen molar-refractivity contribution < 1.29 is 5.11 Å². The number of aliphatic hydroxyl groups excluding tert-OH is 1. The summed E-state index contributed by atoms with van der Waals surface area (Å²) in [5.41, 5.74) is 1.93. The Morgan fingerprint density at radius 1 is 1.69 bits per heavy atom. The maximum atomic E-state index is 11.7. The van der Waals surface area contributed by atoms with Crippen molar-refractivity contribution in [1.29, 1.82) is 0 Å². The lowest BCUT2D eigenvalue weighted by Crippen LogP contribution is -2.32. The van der Waals surface area contributed by atoms with Gasteiger partial charge in [0.05, 0.1) is 11.8 Å². The predicted octanol–water partition coefficient (Wildman–Crippen LogP) is -0.340. The molecule has 88 valence electrons. The summed E-state index contributed by atoms with van der Waals surface area (Å²) in [4.78, 5) is 11.7. The summed E-state index contributed by atoms with van der Waals surface area (Å²) in [7, 11) is 0. The van der Waals surface area contributed by atoms with Crippen LogP contribution in [0.2, 0.25) is 0 Å². The standard InChI is InChI=1S/C11H17N3O2/c1-8(15)3-5-14-11(16)6-9-7-12-4-2-10(9)13-14/h6,8,12,15H,2-5,7H2,1H3. The summed E-state index contributed by atoms with van der Waals surface area (Å²) in [6.07, 6.45) is 1.03. The Morgan fingerprint density at radius 2 is 2.50 bits per heavy atom. The number of fused-ring (bicyclic) bond motifs is 1. The zero-order valence-electron chi connectivity index (χ0n) is 9.44. The van der Waals surface area contributed by atoms with Crippen molar-refractivity contribution in [2.75, 3.05) is 6.54 Å². The Bertz CT molecular complexity index is 426. The largest absolute Gasteiger partial charge is 0.393 e. The highest BCUT2D eigenvalue weighted by Gasteiger charge is 2.12. The van der Waals surface area contributed by atoms with Crippen molar-refractivity contribution in [3.8, 4) is 0 Å². The number of hydrogen-bond donors (Lipinski definition) is 2. The molecule has 1 atom stereocenters. The van der Waals surface area contributed by atoms with Gasteiger partial charge in [-0.2, -0.15) is 5.10 Å². The molecule has 1 aromatic heterocycles. The van der Waals surface area contributed by atoms with Gasteiger partial charge in [-0.15, -0.1) is 0 Å². The van der Waals surface area contributed by atoms with Gasteiger partial charge >= 0.3 is 0 Å². The third kappa shape index (κ3) is 2.48. The second-order valence-corrected chi connectivity index (χ2v) is 4.24. The Kier molecular flexibility index (Phi) is 3.36. The second kappa shape index (κ2) is 4.76. The molecule has 0 bridgehead atoms. The highest BCUT2D eigenvalue weighted by molar-refractivity contribution is 5.20. The molecule has 0 radical (unpaired) electrons. The third-order valence-corrected chi connectivity index (χ3v) is 2.78. The highest BCUT2D eigenvalue weighted by Crippen LogP contribution is 2.07. The van der Waals surface area contributed by atoms with E-state index in [-0.39, 0.29) is 5.56 Å². The number of aromatic nitrogens is 2. The minimum absolute atomic E-state index is 0.0805. The summed E-state index contributed by atoms with van der Waals surface area (Å²) in [6.45, 7) is 3.84. The molecule has 0 aliphatic carbocycles. The first kappa shape index (κ1) is 11.3. The fraction of sp³-hybridized carbons (Fsp3) is 0.636. The van der Waals surface area contributed by atoms with Crippen LogP contribution in [0, 0.1) is 0 Å². The van der Waals surface area contributed by atoms with Crippen molar-refractivity contribution >= 4 is 0 Å². The molecule has 1 aliphatic rings. The van der Waals surface area contributed by atoms with Crippen LogP contribution >= 0.6 is 0 Å². The fourth-order valence-corrected chi connectivity index (χ4v) is 1.83. The number of nitrogens with one attached hydrogen (secondary N) is 1. The summed E-state index contributed by atoms with van der Waals surface area (Å²) in [6, 6.07) is 1.65. The van der Waals surface area contributed by atoms with Crippen LogP contribution in [-0.4, -0.2) is 27.5 Å². The molecular weight excluding hydrogens is 206 g/mol. The van der Waals surface area contributed by atoms with Crippen molar-refractivity contribution in [3.05, 3.63) is 27.7 Å². The maximum Gasteiger partial charge on any atom is 0.267 e. The third-order valence-electron chi connectivity index (χ3n) is 2.78. The predicted molar refractivity (Wildman–Crippen MR) is 60.2 cm³/mol. The van der Waals surface area contributed by atoms with Crippen molar-refractivity contribution in [2.24, 2.45) is 0 Å². The first-order valence-electron chi connectivity index (χ1n) is 5.65. The lowest BCUT2D eigenvalue weighted by atomic mass is 10.1. The number of aryl methyl sites for hydroxylation is 1. The van der Waals surface area contributed by atoms with Gasteiger partial charge in [0.1, 0.15) is 0 Å². The van der Waals surface area contributed by atoms with Gasteiger partial charge in [-0.1, -0.05) is 0 Å². The summed E-state index contributed by atoms with van der Waals surface area (Å²) in [5.74, 6) is 0. The lowest BCUT2D eigenvalue weighted by Gasteiger charge is -2.17. The molecule has 0 aromatic carbocycles. The quantitative estimate of drug-likeness (QED) is 0.735. The van der Waals surface area contributed by atoms with Gasteiger partial charge in [-0.05, 0) is 18.9 Å². The van der Waals surface area contributed by atoms with Crippen LogP contribution in [0.25, 0.3) is 0 Å². The Balaban J connectivity index is 2.22. The molecule has 1 unspecified atom stereocenters. The molecule has 2 N–H and O–H groups in total. The molecule has 5 nitrogen and oxygen atoms in total. The van der Waals surface area contributed by atoms with Crippen molar-refractivity contribution in [1.82, 2.24) is 15.1 Å². The Morgan fingerprint density at radius 3 is 3.25 bits per heavy atom. The summed E-state index contributed by atoms with van der Waals surface area (Å²) < 4.78 is 1.46. The molecule has 16 heavy (non-hydrogen) atoms. The molecule has 1 aliphatic heterocycles. The smallest absolute Gasteiger partial charge is 0.267 e. The van der Waals surface area contributed by atoms with Gasteiger partial charge in [0, 0.05) is 32.1 Å². The average Bonchev–Trinajstić information content (AvgIpc) is 2.26. The van der Waals surface area contributed by atoms with Gasteiger partial charge in [-0.3, -0.25) is 4.79 Å². The van der Waals surface area contributed by atoms with E-state index >= 15 is 0 Å². The number of nitrogens with zero attached hydrogens (tertiary/aromatic N) is 2. The normalized spacial score (nSPS) is 16.9. The van der Waals surface area contributed by atoms with E-state index < -0.39 is 6.10 Å². The van der Waals surface area contributed by atoms with Crippen LogP contribution < -0.4 is 10.9 Å². The first-order chi connectivity index (χ1) is 7.66. The monoisotopic (exact) mass is 223 g/mol. The molecule has 0 spiro atoms. The SMILES string of the molecule is CC(O)CCn1nc2c(cc1=O)CNCC2. The fourth-order valence-electron chi connectivity index (χ4n) is 1.83. The molecule has 2 rings (SSSR count). The van der Waals surface area contributed by atoms with Crippen molar-refractivity contribution in [2.45, 2.75) is 39.0 Å². The molecule has 2 heterocycles. The second-order valence-electron chi connectivity index (χ2n) is 4.24. The lowest BCUT2D eigenvalue weighted by molar-refractivity contribution is 0.175. The minimum atomic E-state index is -0.397. The van der Waals surface area contributed by atoms with Crippen LogP contribution in [0.3, 0.4) is 0 Å². The van der Waals surface area contributed by atoms with E-state index in [1.807, 2.05) is 0 Å². The van der Waals surface area contributed by atoms with E-state index in [1.165, 1.54) is 4.68 Å². The highest BCUT2D eigenvalue weighted by atomic mass is 16.3. The van der Waals surface area contributed by atoms with E-state index in [2.05, 4.69) is 10.4 Å². The zero-order valence-corrected chi connectivity index (χ0v) is 9.44. The van der Waals surface area contributed by atoms with Crippen LogP contribution in [-0.2, 0) is 19.5 Å². The van der Waals surface area contributed by atoms with Crippen LogP contribution in [0.1, 0.15) is 24.6 Å². The number of rotatable bonds is 3. The molecular formula is C11H17N3O2. The van der Waals surface area contributed by atoms with E-state index in [0.717, 1.165) is 30.8 Å². The Hall–Kier alpha value is -1.20. The Labute approximate surface area is 94.1 Å². The van der Waals surface area contributed by atoms with Gasteiger partial charge < -0.3 is 10.4 Å². The van der Waals surface area contributed by atoms with Crippen LogP contribution in [0.15, 0.2) is 10.9 Å². The molecule has 0 saturated heterocycles. The van der Waals surface area contributed by atoms with Gasteiger partial charge in [0.25, 0.3) is 5.56 Å². The van der Waals surface area contributed by atoms with Gasteiger partial charge in [0.2, 0.25) is 0 Å². The van der Waals surface area contributed by atoms with Crippen molar-refractivity contribution in [3.63, 3.8) is 0 Å². The summed E-state index contributed by atoms with van der Waals surface area (Å²) >= 11 is 0. The van der Waals surface area contributed by atoms with E-state index in [4.69, 9.17) is 0 Å². The molecule has 0 amide bonds. The van der Waals surface area contributed by atoms with E-state index in [9.17, 15) is 9.90 Å². The molecule has 0 saturated carbocycles. The minimum Gasteiger partial charge on any atom is -0.393 e. The van der Waals surface area contributed by atoms with E-state index in [1.54, 1.807) is 13.0 Å². The van der Waals surface area contributed by atoms with Gasteiger partial charge in [-0.25, -0.2) is 4.68 Å². The molecule has 0 fully saturated rings. The zero-order chi connectivity index (χ0) is 11.5. The topological polar surface area (TPSA) is 67.1 Å². The summed E-state index contributed by atoms with van der Waals surface area (Å²) in [5, 5.41) is 16.7. The molecule has 1 aromatic rings.